The molecule has 0 unspecified atom stereocenters. The molecule has 3 N–H and O–H groups in total. The first-order valence-electron chi connectivity index (χ1n) is 7.94. The van der Waals surface area contributed by atoms with Crippen molar-refractivity contribution in [2.45, 2.75) is 13.8 Å². The van der Waals surface area contributed by atoms with Crippen LogP contribution in [0.25, 0.3) is 11.3 Å². The molecule has 0 saturated carbocycles. The van der Waals surface area contributed by atoms with E-state index < -0.39 is 5.91 Å². The van der Waals surface area contributed by atoms with Crippen molar-refractivity contribution in [3.8, 4) is 17.0 Å². The Morgan fingerprint density at radius 1 is 1.38 bits per heavy atom. The maximum Gasteiger partial charge on any atom is 0.252 e. The number of hydrogen-bond acceptors (Lipinski definition) is 6. The fraction of sp³-hybridized carbons (Fsp3) is 0.167. The number of carbonyl (C=O) groups excluding carboxylic acids is 1. The van der Waals surface area contributed by atoms with E-state index in [0.717, 1.165) is 11.5 Å². The summed E-state index contributed by atoms with van der Waals surface area (Å²) in [6.45, 7) is 4.41. The number of aromatic hydroxyl groups is 1. The van der Waals surface area contributed by atoms with Gasteiger partial charge in [-0.3, -0.25) is 9.79 Å². The monoisotopic (exact) mass is 370 g/mol. The highest BCUT2D eigenvalue weighted by atomic mass is 32.1. The Morgan fingerprint density at radius 3 is 2.85 bits per heavy atom. The van der Waals surface area contributed by atoms with E-state index in [1.54, 1.807) is 23.0 Å². The summed E-state index contributed by atoms with van der Waals surface area (Å²) in [5.74, 6) is 0.568. The first-order valence-corrected chi connectivity index (χ1v) is 8.82. The number of phenols is 1. The van der Waals surface area contributed by atoms with Crippen LogP contribution in [-0.2, 0) is 0 Å². The number of thiazole rings is 1. The summed E-state index contributed by atoms with van der Waals surface area (Å²) in [6, 6.07) is 8.36. The van der Waals surface area contributed by atoms with Gasteiger partial charge in [0.1, 0.15) is 17.3 Å². The Labute approximate surface area is 153 Å². The smallest absolute Gasteiger partial charge is 0.252 e. The number of rotatable bonds is 5. The van der Waals surface area contributed by atoms with Crippen molar-refractivity contribution in [3.63, 3.8) is 0 Å². The molecule has 0 spiro atoms. The van der Waals surface area contributed by atoms with E-state index >= 15 is 0 Å². The van der Waals surface area contributed by atoms with E-state index in [-0.39, 0.29) is 11.3 Å². The molecule has 7 nitrogen and oxygen atoms in total. The number of amides is 1. The fourth-order valence-corrected chi connectivity index (χ4v) is 3.28. The van der Waals surface area contributed by atoms with Gasteiger partial charge in [0.2, 0.25) is 4.80 Å². The second-order valence-electron chi connectivity index (χ2n) is 5.48. The van der Waals surface area contributed by atoms with Crippen molar-refractivity contribution in [2.24, 2.45) is 15.8 Å². The number of nitrogens with zero attached hydrogens (tertiary/aromatic N) is 3. The Kier molecular flexibility index (Phi) is 5.04. The summed E-state index contributed by atoms with van der Waals surface area (Å²) in [7, 11) is 0. The highest BCUT2D eigenvalue weighted by Crippen LogP contribution is 2.26. The molecule has 0 bridgehead atoms. The lowest BCUT2D eigenvalue weighted by molar-refractivity contribution is 0.0998. The predicted molar refractivity (Wildman–Crippen MR) is 100 cm³/mol. The van der Waals surface area contributed by atoms with E-state index in [9.17, 15) is 9.90 Å². The summed E-state index contributed by atoms with van der Waals surface area (Å²) >= 11 is 1.43. The van der Waals surface area contributed by atoms with Gasteiger partial charge in [-0.05, 0) is 44.2 Å². The third-order valence-electron chi connectivity index (χ3n) is 3.60. The van der Waals surface area contributed by atoms with Gasteiger partial charge in [-0.2, -0.15) is 5.10 Å². The Bertz CT molecular complexity index is 1040. The van der Waals surface area contributed by atoms with Crippen molar-refractivity contribution >= 4 is 23.5 Å². The summed E-state index contributed by atoms with van der Waals surface area (Å²) in [5.41, 5.74) is 6.80. The minimum Gasteiger partial charge on any atom is -0.507 e. The largest absolute Gasteiger partial charge is 0.507 e. The van der Waals surface area contributed by atoms with Gasteiger partial charge in [0.05, 0.1) is 17.5 Å². The summed E-state index contributed by atoms with van der Waals surface area (Å²) in [5, 5.41) is 16.2. The third kappa shape index (κ3) is 3.60. The predicted octanol–water partition coefficient (Wildman–Crippen LogP) is 2.73. The van der Waals surface area contributed by atoms with Crippen molar-refractivity contribution < 1.29 is 14.3 Å². The molecule has 0 aliphatic carbocycles. The summed E-state index contributed by atoms with van der Waals surface area (Å²) < 4.78 is 7.18. The van der Waals surface area contributed by atoms with Gasteiger partial charge in [0.15, 0.2) is 0 Å². The van der Waals surface area contributed by atoms with E-state index in [0.29, 0.717) is 22.7 Å². The van der Waals surface area contributed by atoms with Crippen LogP contribution in [0.15, 0.2) is 50.2 Å². The van der Waals surface area contributed by atoms with E-state index in [4.69, 9.17) is 10.2 Å². The van der Waals surface area contributed by atoms with Crippen molar-refractivity contribution in [3.05, 3.63) is 57.6 Å². The molecule has 3 rings (SSSR count). The van der Waals surface area contributed by atoms with Crippen LogP contribution < -0.4 is 10.5 Å². The molecular formula is C18H18N4O3S. The van der Waals surface area contributed by atoms with Crippen LogP contribution in [0.1, 0.15) is 28.8 Å². The maximum absolute atomic E-state index is 11.5. The van der Waals surface area contributed by atoms with Gasteiger partial charge in [-0.25, -0.2) is 4.68 Å². The molecule has 1 aromatic carbocycles. The topological polar surface area (TPSA) is 106 Å². The minimum absolute atomic E-state index is 0.0554. The lowest BCUT2D eigenvalue weighted by Crippen LogP contribution is -2.13. The van der Waals surface area contributed by atoms with Gasteiger partial charge >= 0.3 is 0 Å². The molecule has 0 fully saturated rings. The van der Waals surface area contributed by atoms with Crippen LogP contribution in [0.5, 0.6) is 5.75 Å². The highest BCUT2D eigenvalue weighted by molar-refractivity contribution is 7.07. The molecule has 3 aromatic rings. The number of primary amides is 1. The molecule has 0 atom stereocenters. The molecule has 2 aromatic heterocycles. The highest BCUT2D eigenvalue weighted by Gasteiger charge is 2.13. The SMILES string of the molecule is CCN=c1scc(-c2ccc(O)c(C(N)=O)c2)n1/N=C/c1ccc(C)o1. The van der Waals surface area contributed by atoms with Gasteiger partial charge in [0.25, 0.3) is 5.91 Å². The van der Waals surface area contributed by atoms with Crippen LogP contribution in [-0.4, -0.2) is 28.4 Å². The lowest BCUT2D eigenvalue weighted by Gasteiger charge is -2.06. The number of nitrogens with two attached hydrogens (primary N) is 1. The number of carbonyl (C=O) groups is 1. The molecule has 2 heterocycles. The van der Waals surface area contributed by atoms with E-state index in [1.807, 2.05) is 31.4 Å². The molecule has 26 heavy (non-hydrogen) atoms. The van der Waals surface area contributed by atoms with E-state index in [2.05, 4.69) is 10.1 Å². The molecule has 0 radical (unpaired) electrons. The van der Waals surface area contributed by atoms with Gasteiger partial charge in [-0.1, -0.05) is 0 Å². The average molecular weight is 370 g/mol. The second-order valence-corrected chi connectivity index (χ2v) is 6.32. The molecular weight excluding hydrogens is 352 g/mol. The summed E-state index contributed by atoms with van der Waals surface area (Å²) in [4.78, 5) is 16.7. The first-order chi connectivity index (χ1) is 12.5. The zero-order valence-corrected chi connectivity index (χ0v) is 15.2. The fourth-order valence-electron chi connectivity index (χ4n) is 2.38. The van der Waals surface area contributed by atoms with Crippen LogP contribution in [0, 0.1) is 6.92 Å². The Hall–Kier alpha value is -3.13. The minimum atomic E-state index is -0.695. The quantitative estimate of drug-likeness (QED) is 0.674. The second kappa shape index (κ2) is 7.40. The summed E-state index contributed by atoms with van der Waals surface area (Å²) in [6.07, 6.45) is 1.60. The molecule has 0 saturated heterocycles. The first kappa shape index (κ1) is 17.7. The number of benzene rings is 1. The van der Waals surface area contributed by atoms with Crippen molar-refractivity contribution in [1.82, 2.24) is 4.68 Å². The van der Waals surface area contributed by atoms with Gasteiger partial charge in [0, 0.05) is 17.5 Å². The molecule has 0 aliphatic heterocycles. The van der Waals surface area contributed by atoms with Gasteiger partial charge in [-0.15, -0.1) is 11.3 Å². The Balaban J connectivity index is 2.11. The standard InChI is InChI=1S/C18H18N4O3S/c1-3-20-18-22(21-9-13-6-4-11(2)25-13)15(10-26-18)12-5-7-16(23)14(8-12)17(19)24/h4-10,23H,3H2,1-2H3,(H2,19,24)/b20-18?,21-9+. The number of furan rings is 1. The number of aryl methyl sites for hydroxylation is 1. The molecule has 1 amide bonds. The van der Waals surface area contributed by atoms with Crippen LogP contribution >= 0.6 is 11.3 Å². The van der Waals surface area contributed by atoms with Crippen molar-refractivity contribution in [1.29, 1.82) is 0 Å². The number of hydrogen-bond donors (Lipinski definition) is 2. The van der Waals surface area contributed by atoms with Crippen LogP contribution in [0.4, 0.5) is 0 Å². The van der Waals surface area contributed by atoms with Crippen LogP contribution in [0.3, 0.4) is 0 Å². The number of aromatic nitrogens is 1. The molecule has 8 heteroatoms. The van der Waals surface area contributed by atoms with Crippen LogP contribution in [0.2, 0.25) is 0 Å². The normalized spacial score (nSPS) is 12.2. The molecule has 0 aliphatic rings. The lowest BCUT2D eigenvalue weighted by atomic mass is 10.1. The van der Waals surface area contributed by atoms with Crippen molar-refractivity contribution in [2.75, 3.05) is 6.54 Å². The maximum atomic E-state index is 11.5. The molecule has 134 valence electrons. The Morgan fingerprint density at radius 2 is 2.19 bits per heavy atom. The zero-order chi connectivity index (χ0) is 18.7. The third-order valence-corrected chi connectivity index (χ3v) is 4.45. The van der Waals surface area contributed by atoms with Gasteiger partial charge < -0.3 is 15.3 Å². The van der Waals surface area contributed by atoms with E-state index in [1.165, 1.54) is 17.4 Å². The zero-order valence-electron chi connectivity index (χ0n) is 14.3. The average Bonchev–Trinajstić information content (AvgIpc) is 3.20.